The van der Waals surface area contributed by atoms with Crippen LogP contribution in [0.1, 0.15) is 94.5 Å². The van der Waals surface area contributed by atoms with Crippen LogP contribution in [-0.2, 0) is 18.0 Å². The summed E-state index contributed by atoms with van der Waals surface area (Å²) in [7, 11) is 2.04. The summed E-state index contributed by atoms with van der Waals surface area (Å²) in [5.74, 6) is 2.71. The molecule has 41 heavy (non-hydrogen) atoms. The number of nitrogens with one attached hydrogen (secondary N) is 1. The molecule has 0 bridgehead atoms. The third kappa shape index (κ3) is 7.39. The van der Waals surface area contributed by atoms with Gasteiger partial charge in [-0.3, -0.25) is 0 Å². The van der Waals surface area contributed by atoms with Gasteiger partial charge in [-0.2, -0.15) is 13.2 Å². The van der Waals surface area contributed by atoms with Crippen LogP contribution >= 0.6 is 11.8 Å². The van der Waals surface area contributed by atoms with E-state index in [4.69, 9.17) is 4.74 Å². The molecule has 0 unspecified atom stereocenters. The molecule has 2 aromatic rings. The van der Waals surface area contributed by atoms with Crippen LogP contribution in [0, 0.1) is 5.41 Å². The van der Waals surface area contributed by atoms with Gasteiger partial charge in [-0.05, 0) is 108 Å². The largest absolute Gasteiger partial charge is 0.444 e. The monoisotopic (exact) mass is 593 g/mol. The zero-order chi connectivity index (χ0) is 29.4. The minimum absolute atomic E-state index is 0.133. The van der Waals surface area contributed by atoms with Gasteiger partial charge in [-0.15, -0.1) is 10.2 Å². The Morgan fingerprint density at radius 1 is 1.12 bits per heavy atom. The molecule has 0 radical (unpaired) electrons. The van der Waals surface area contributed by atoms with Gasteiger partial charge in [0.05, 0.1) is 5.56 Å². The van der Waals surface area contributed by atoms with E-state index in [0.717, 1.165) is 86.9 Å². The Morgan fingerprint density at radius 3 is 2.49 bits per heavy atom. The number of hydrogen-bond donors (Lipinski definition) is 1. The van der Waals surface area contributed by atoms with E-state index in [9.17, 15) is 18.0 Å². The molecular formula is C30H42F3N5O2S. The number of rotatable bonds is 8. The van der Waals surface area contributed by atoms with Crippen molar-refractivity contribution in [3.05, 3.63) is 41.2 Å². The van der Waals surface area contributed by atoms with Crippen LogP contribution in [-0.4, -0.2) is 62.8 Å². The third-order valence-corrected chi connectivity index (χ3v) is 9.93. The lowest BCUT2D eigenvalue weighted by atomic mass is 9.85. The quantitative estimate of drug-likeness (QED) is 0.270. The molecule has 2 aliphatic carbocycles. The normalized spacial score (nSPS) is 26.9. The van der Waals surface area contributed by atoms with Gasteiger partial charge < -0.3 is 19.5 Å². The Hall–Kier alpha value is -2.27. The third-order valence-electron chi connectivity index (χ3n) is 8.83. The summed E-state index contributed by atoms with van der Waals surface area (Å²) in [6, 6.07) is 5.91. The maximum atomic E-state index is 12.9. The summed E-state index contributed by atoms with van der Waals surface area (Å²) >= 11 is 1.74. The molecule has 1 spiro atoms. The Morgan fingerprint density at radius 2 is 1.83 bits per heavy atom. The number of alkyl halides is 3. The van der Waals surface area contributed by atoms with Crippen molar-refractivity contribution in [2.75, 3.05) is 25.4 Å². The number of amides is 1. The molecule has 1 amide bonds. The number of alkyl carbamates (subject to hydrolysis) is 1. The summed E-state index contributed by atoms with van der Waals surface area (Å²) < 4.78 is 46.2. The first-order chi connectivity index (χ1) is 19.3. The van der Waals surface area contributed by atoms with E-state index >= 15 is 0 Å². The molecule has 3 aliphatic rings. The molecule has 1 aromatic carbocycles. The van der Waals surface area contributed by atoms with Gasteiger partial charge in [-0.25, -0.2) is 4.79 Å². The maximum absolute atomic E-state index is 12.9. The topological polar surface area (TPSA) is 72.3 Å². The van der Waals surface area contributed by atoms with E-state index in [1.54, 1.807) is 23.9 Å². The molecular weight excluding hydrogens is 551 g/mol. The average molecular weight is 594 g/mol. The Kier molecular flexibility index (Phi) is 8.68. The molecule has 226 valence electrons. The number of carbonyl (C=O) groups is 1. The maximum Gasteiger partial charge on any atom is 0.416 e. The van der Waals surface area contributed by atoms with E-state index in [1.807, 2.05) is 27.8 Å². The second-order valence-corrected chi connectivity index (χ2v) is 14.1. The summed E-state index contributed by atoms with van der Waals surface area (Å²) in [6.45, 7) is 8.71. The Bertz CT molecular complexity index is 1200. The fraction of sp³-hybridized carbons (Fsp3) is 0.700. The van der Waals surface area contributed by atoms with Gasteiger partial charge in [0, 0.05) is 31.3 Å². The van der Waals surface area contributed by atoms with Crippen molar-refractivity contribution in [3.8, 4) is 0 Å². The zero-order valence-corrected chi connectivity index (χ0v) is 25.3. The lowest BCUT2D eigenvalue weighted by molar-refractivity contribution is -0.137. The number of carbonyl (C=O) groups excluding carboxylic acids is 1. The lowest BCUT2D eigenvalue weighted by Crippen LogP contribution is -2.40. The summed E-state index contributed by atoms with van der Waals surface area (Å²) in [5.41, 5.74) is 0.216. The van der Waals surface area contributed by atoms with Gasteiger partial charge in [0.2, 0.25) is 0 Å². The van der Waals surface area contributed by atoms with Crippen LogP contribution in [0.3, 0.4) is 0 Å². The summed E-state index contributed by atoms with van der Waals surface area (Å²) in [4.78, 5) is 14.6. The fourth-order valence-corrected chi connectivity index (χ4v) is 7.42. The minimum Gasteiger partial charge on any atom is -0.444 e. The molecule has 3 fully saturated rings. The Balaban J connectivity index is 1.02. The zero-order valence-electron chi connectivity index (χ0n) is 24.5. The molecule has 2 saturated carbocycles. The fourth-order valence-electron chi connectivity index (χ4n) is 6.58. The van der Waals surface area contributed by atoms with E-state index in [1.165, 1.54) is 12.1 Å². The first-order valence-corrected chi connectivity index (χ1v) is 15.7. The molecule has 5 rings (SSSR count). The first kappa shape index (κ1) is 30.2. The standard InChI is InChI=1S/C30H42F3N5O2S/c1-28(2,3)40-27(39)34-23-12-8-21(9-13-23)25-35-36-26(37(25)4)41-17-5-15-38-16-14-29(19-38)18-24(29)20-6-10-22(11-7-20)30(31,32)33/h6-7,10-11,21,23-24H,5,8-9,12-19H2,1-4H3,(H,34,39)/t21?,23?,24-,29+/m1/s1. The minimum atomic E-state index is -4.28. The van der Waals surface area contributed by atoms with Crippen molar-refractivity contribution in [1.29, 1.82) is 0 Å². The van der Waals surface area contributed by atoms with Crippen molar-refractivity contribution in [2.45, 2.75) is 101 Å². The SMILES string of the molecule is Cn1c(SCCCN2CC[C@]3(C[C@@H]3c3ccc(C(F)(F)F)cc3)C2)nnc1C1CCC(NC(=O)OC(C)(C)C)CC1. The highest BCUT2D eigenvalue weighted by Gasteiger charge is 2.57. The van der Waals surface area contributed by atoms with Crippen molar-refractivity contribution in [1.82, 2.24) is 25.0 Å². The van der Waals surface area contributed by atoms with E-state index < -0.39 is 17.3 Å². The first-order valence-electron chi connectivity index (χ1n) is 14.7. The molecule has 1 saturated heterocycles. The highest BCUT2D eigenvalue weighted by molar-refractivity contribution is 7.99. The number of nitrogens with zero attached hydrogens (tertiary/aromatic N) is 4. The number of aromatic nitrogens is 3. The highest BCUT2D eigenvalue weighted by Crippen LogP contribution is 2.64. The van der Waals surface area contributed by atoms with Crippen LogP contribution in [0.4, 0.5) is 18.0 Å². The lowest BCUT2D eigenvalue weighted by Gasteiger charge is -2.29. The molecule has 1 N–H and O–H groups in total. The van der Waals surface area contributed by atoms with Crippen molar-refractivity contribution < 1.29 is 22.7 Å². The summed E-state index contributed by atoms with van der Waals surface area (Å²) in [6.07, 6.45) is 2.33. The molecule has 1 aromatic heterocycles. The van der Waals surface area contributed by atoms with Gasteiger partial charge >= 0.3 is 12.3 Å². The van der Waals surface area contributed by atoms with Crippen LogP contribution in [0.25, 0.3) is 0 Å². The van der Waals surface area contributed by atoms with E-state index in [-0.39, 0.29) is 17.6 Å². The van der Waals surface area contributed by atoms with Crippen LogP contribution in [0.5, 0.6) is 0 Å². The molecule has 2 atom stereocenters. The predicted octanol–water partition coefficient (Wildman–Crippen LogP) is 6.75. The van der Waals surface area contributed by atoms with Gasteiger partial charge in [0.1, 0.15) is 11.4 Å². The highest BCUT2D eigenvalue weighted by atomic mass is 32.2. The average Bonchev–Trinajstić information content (AvgIpc) is 3.24. The number of likely N-dealkylation sites (tertiary alicyclic amines) is 1. The number of ether oxygens (including phenoxy) is 1. The van der Waals surface area contributed by atoms with Crippen molar-refractivity contribution in [3.63, 3.8) is 0 Å². The van der Waals surface area contributed by atoms with Crippen molar-refractivity contribution in [2.24, 2.45) is 12.5 Å². The predicted molar refractivity (Wildman–Crippen MR) is 153 cm³/mol. The van der Waals surface area contributed by atoms with Gasteiger partial charge in [0.25, 0.3) is 0 Å². The van der Waals surface area contributed by atoms with Crippen molar-refractivity contribution >= 4 is 17.9 Å². The van der Waals surface area contributed by atoms with E-state index in [0.29, 0.717) is 11.8 Å². The van der Waals surface area contributed by atoms with Crippen LogP contribution < -0.4 is 5.32 Å². The second kappa shape index (κ2) is 11.8. The number of hydrogen-bond acceptors (Lipinski definition) is 6. The van der Waals surface area contributed by atoms with Gasteiger partial charge in [-0.1, -0.05) is 23.9 Å². The number of thioether (sulfide) groups is 1. The molecule has 1 aliphatic heterocycles. The van der Waals surface area contributed by atoms with Crippen LogP contribution in [0.15, 0.2) is 29.4 Å². The van der Waals surface area contributed by atoms with Crippen LogP contribution in [0.2, 0.25) is 0 Å². The number of halogens is 3. The Labute approximate surface area is 245 Å². The smallest absolute Gasteiger partial charge is 0.416 e. The number of benzene rings is 1. The molecule has 2 heterocycles. The molecule has 7 nitrogen and oxygen atoms in total. The second-order valence-electron chi connectivity index (χ2n) is 13.1. The molecule has 11 heteroatoms. The van der Waals surface area contributed by atoms with Gasteiger partial charge in [0.15, 0.2) is 5.16 Å². The van der Waals surface area contributed by atoms with E-state index in [2.05, 4.69) is 25.0 Å². The summed E-state index contributed by atoms with van der Waals surface area (Å²) in [5, 5.41) is 12.9.